The minimum absolute atomic E-state index is 0.0551. The van der Waals surface area contributed by atoms with Crippen LogP contribution in [-0.2, 0) is 11.2 Å². The van der Waals surface area contributed by atoms with Crippen molar-refractivity contribution >= 4 is 11.6 Å². The summed E-state index contributed by atoms with van der Waals surface area (Å²) < 4.78 is 0. The Morgan fingerprint density at radius 3 is 2.42 bits per heavy atom. The normalized spacial score (nSPS) is 11.9. The highest BCUT2D eigenvalue weighted by molar-refractivity contribution is 5.94. The van der Waals surface area contributed by atoms with Gasteiger partial charge in [0.05, 0.1) is 0 Å². The molecule has 0 spiro atoms. The van der Waals surface area contributed by atoms with Gasteiger partial charge in [-0.05, 0) is 30.5 Å². The van der Waals surface area contributed by atoms with Gasteiger partial charge in [0, 0.05) is 5.69 Å². The predicted molar refractivity (Wildman–Crippen MR) is 76.7 cm³/mol. The van der Waals surface area contributed by atoms with Gasteiger partial charge in [0.1, 0.15) is 0 Å². The average molecular weight is 255 g/mol. The number of carbonyl (C=O) groups excluding carboxylic acids is 1. The SMILES string of the molecule is C[C@H]([NH3+])C(=O)Nc1ccccc1Cc1ccccc1. The van der Waals surface area contributed by atoms with Crippen molar-refractivity contribution in [3.8, 4) is 0 Å². The Bertz CT molecular complexity index is 550. The van der Waals surface area contributed by atoms with Crippen LogP contribution in [0.25, 0.3) is 0 Å². The summed E-state index contributed by atoms with van der Waals surface area (Å²) in [7, 11) is 0. The van der Waals surface area contributed by atoms with Crippen molar-refractivity contribution in [2.75, 3.05) is 5.32 Å². The molecule has 0 aliphatic rings. The van der Waals surface area contributed by atoms with Gasteiger partial charge in [-0.3, -0.25) is 4.79 Å². The first-order valence-corrected chi connectivity index (χ1v) is 6.42. The first-order valence-electron chi connectivity index (χ1n) is 6.42. The summed E-state index contributed by atoms with van der Waals surface area (Å²) in [5.74, 6) is -0.0551. The van der Waals surface area contributed by atoms with E-state index in [1.54, 1.807) is 6.92 Å². The van der Waals surface area contributed by atoms with E-state index in [-0.39, 0.29) is 11.9 Å². The highest BCUT2D eigenvalue weighted by Crippen LogP contribution is 2.19. The number of quaternary nitrogens is 1. The zero-order chi connectivity index (χ0) is 13.7. The third-order valence-electron chi connectivity index (χ3n) is 2.96. The molecule has 3 nitrogen and oxygen atoms in total. The Balaban J connectivity index is 2.19. The van der Waals surface area contributed by atoms with Crippen molar-refractivity contribution in [1.82, 2.24) is 0 Å². The number of hydrogen-bond donors (Lipinski definition) is 2. The van der Waals surface area contributed by atoms with E-state index in [2.05, 4.69) is 23.2 Å². The van der Waals surface area contributed by atoms with Gasteiger partial charge in [0.25, 0.3) is 5.91 Å². The summed E-state index contributed by atoms with van der Waals surface area (Å²) in [6.45, 7) is 1.79. The summed E-state index contributed by atoms with van der Waals surface area (Å²) in [4.78, 5) is 11.7. The molecule has 0 radical (unpaired) electrons. The fraction of sp³-hybridized carbons (Fsp3) is 0.188. The lowest BCUT2D eigenvalue weighted by Crippen LogP contribution is -2.64. The minimum atomic E-state index is -0.259. The molecule has 1 atom stereocenters. The Morgan fingerprint density at radius 2 is 1.74 bits per heavy atom. The van der Waals surface area contributed by atoms with Crippen LogP contribution in [0, 0.1) is 0 Å². The summed E-state index contributed by atoms with van der Waals surface area (Å²) in [5.41, 5.74) is 6.95. The molecule has 0 aliphatic carbocycles. The number of carbonyl (C=O) groups is 1. The van der Waals surface area contributed by atoms with Gasteiger partial charge in [-0.1, -0.05) is 48.5 Å². The monoisotopic (exact) mass is 255 g/mol. The molecule has 0 aliphatic heterocycles. The van der Waals surface area contributed by atoms with Gasteiger partial charge in [0.2, 0.25) is 0 Å². The van der Waals surface area contributed by atoms with Gasteiger partial charge in [-0.2, -0.15) is 0 Å². The zero-order valence-electron chi connectivity index (χ0n) is 11.1. The maximum atomic E-state index is 11.7. The molecule has 2 aromatic rings. The quantitative estimate of drug-likeness (QED) is 0.860. The van der Waals surface area contributed by atoms with Gasteiger partial charge < -0.3 is 11.1 Å². The summed E-state index contributed by atoms with van der Waals surface area (Å²) >= 11 is 0. The molecular formula is C16H19N2O+. The fourth-order valence-electron chi connectivity index (χ4n) is 1.87. The maximum absolute atomic E-state index is 11.7. The maximum Gasteiger partial charge on any atom is 0.282 e. The van der Waals surface area contributed by atoms with E-state index in [1.165, 1.54) is 5.56 Å². The summed E-state index contributed by atoms with van der Waals surface area (Å²) in [5, 5.41) is 2.93. The predicted octanol–water partition coefficient (Wildman–Crippen LogP) is 1.85. The van der Waals surface area contributed by atoms with Gasteiger partial charge in [0.15, 0.2) is 6.04 Å². The second-order valence-electron chi connectivity index (χ2n) is 4.71. The van der Waals surface area contributed by atoms with E-state index in [0.29, 0.717) is 0 Å². The van der Waals surface area contributed by atoms with Crippen LogP contribution >= 0.6 is 0 Å². The highest BCUT2D eigenvalue weighted by atomic mass is 16.2. The molecule has 2 rings (SSSR count). The second kappa shape index (κ2) is 6.16. The molecule has 4 N–H and O–H groups in total. The lowest BCUT2D eigenvalue weighted by atomic mass is 10.0. The van der Waals surface area contributed by atoms with Crippen molar-refractivity contribution in [2.45, 2.75) is 19.4 Å². The zero-order valence-corrected chi connectivity index (χ0v) is 11.1. The number of rotatable bonds is 4. The topological polar surface area (TPSA) is 56.7 Å². The second-order valence-corrected chi connectivity index (χ2v) is 4.71. The summed E-state index contributed by atoms with van der Waals surface area (Å²) in [6, 6.07) is 17.8. The van der Waals surface area contributed by atoms with Crippen LogP contribution in [0.1, 0.15) is 18.1 Å². The van der Waals surface area contributed by atoms with Crippen molar-refractivity contribution in [2.24, 2.45) is 0 Å². The van der Waals surface area contributed by atoms with Crippen molar-refractivity contribution < 1.29 is 10.5 Å². The molecule has 1 amide bonds. The molecule has 0 saturated heterocycles. The third kappa shape index (κ3) is 3.66. The van der Waals surface area contributed by atoms with Crippen LogP contribution < -0.4 is 11.1 Å². The van der Waals surface area contributed by atoms with Crippen molar-refractivity contribution in [3.63, 3.8) is 0 Å². The Kier molecular flexibility index (Phi) is 4.31. The minimum Gasteiger partial charge on any atom is -0.348 e. The molecule has 0 fully saturated rings. The smallest absolute Gasteiger partial charge is 0.282 e. The average Bonchev–Trinajstić information content (AvgIpc) is 2.42. The van der Waals surface area contributed by atoms with E-state index in [4.69, 9.17) is 0 Å². The van der Waals surface area contributed by atoms with E-state index < -0.39 is 0 Å². The number of amides is 1. The lowest BCUT2D eigenvalue weighted by molar-refractivity contribution is -0.396. The Labute approximate surface area is 113 Å². The van der Waals surface area contributed by atoms with Crippen LogP contribution in [0.2, 0.25) is 0 Å². The van der Waals surface area contributed by atoms with Crippen LogP contribution in [0.15, 0.2) is 54.6 Å². The van der Waals surface area contributed by atoms with Crippen LogP contribution in [0.4, 0.5) is 5.69 Å². The largest absolute Gasteiger partial charge is 0.348 e. The van der Waals surface area contributed by atoms with Crippen LogP contribution in [0.3, 0.4) is 0 Å². The van der Waals surface area contributed by atoms with Gasteiger partial charge in [-0.15, -0.1) is 0 Å². The van der Waals surface area contributed by atoms with Gasteiger partial charge >= 0.3 is 0 Å². The first kappa shape index (κ1) is 13.3. The van der Waals surface area contributed by atoms with E-state index in [0.717, 1.165) is 17.7 Å². The summed E-state index contributed by atoms with van der Waals surface area (Å²) in [6.07, 6.45) is 0.808. The number of para-hydroxylation sites is 1. The number of benzene rings is 2. The number of hydrogen-bond acceptors (Lipinski definition) is 1. The molecule has 0 unspecified atom stereocenters. The molecule has 0 saturated carbocycles. The lowest BCUT2D eigenvalue weighted by Gasteiger charge is -2.11. The van der Waals surface area contributed by atoms with Crippen LogP contribution in [0.5, 0.6) is 0 Å². The van der Waals surface area contributed by atoms with Gasteiger partial charge in [-0.25, -0.2) is 0 Å². The Morgan fingerprint density at radius 1 is 1.11 bits per heavy atom. The molecule has 0 bridgehead atoms. The van der Waals surface area contributed by atoms with E-state index in [1.807, 2.05) is 42.5 Å². The molecule has 0 heterocycles. The standard InChI is InChI=1S/C16H18N2O/c1-12(17)16(19)18-15-10-6-5-9-14(15)11-13-7-3-2-4-8-13/h2-10,12H,11,17H2,1H3,(H,18,19)/p+1/t12-/m0/s1. The van der Waals surface area contributed by atoms with Crippen molar-refractivity contribution in [3.05, 3.63) is 65.7 Å². The number of nitrogens with one attached hydrogen (secondary N) is 1. The third-order valence-corrected chi connectivity index (χ3v) is 2.96. The van der Waals surface area contributed by atoms with E-state index in [9.17, 15) is 4.79 Å². The highest BCUT2D eigenvalue weighted by Gasteiger charge is 2.12. The van der Waals surface area contributed by atoms with Crippen LogP contribution in [-0.4, -0.2) is 11.9 Å². The molecule has 0 aromatic heterocycles. The van der Waals surface area contributed by atoms with E-state index >= 15 is 0 Å². The van der Waals surface area contributed by atoms with Crippen molar-refractivity contribution in [1.29, 1.82) is 0 Å². The number of anilines is 1. The Hall–Kier alpha value is -2.13. The molecule has 3 heteroatoms. The molecule has 19 heavy (non-hydrogen) atoms. The molecular weight excluding hydrogens is 236 g/mol. The fourth-order valence-corrected chi connectivity index (χ4v) is 1.87. The molecule has 2 aromatic carbocycles. The first-order chi connectivity index (χ1) is 9.16. The molecule has 98 valence electrons.